The van der Waals surface area contributed by atoms with Gasteiger partial charge in [0.2, 0.25) is 0 Å². The number of furan rings is 1. The normalized spacial score (nSPS) is 19.7. The van der Waals surface area contributed by atoms with Gasteiger partial charge >= 0.3 is 5.97 Å². The van der Waals surface area contributed by atoms with Crippen LogP contribution in [0.15, 0.2) is 40.8 Å². The zero-order chi connectivity index (χ0) is 19.1. The van der Waals surface area contributed by atoms with Crippen LogP contribution < -0.4 is 10.1 Å². The van der Waals surface area contributed by atoms with Gasteiger partial charge in [0, 0.05) is 16.8 Å². The SMILES string of the molecule is COc1cc2c(cc1NC(=O)[C@H](C)OC(=O)[C@H]1C[C@@H]1C)oc1ccccc12. The Morgan fingerprint density at radius 1 is 1.19 bits per heavy atom. The Kier molecular flexibility index (Phi) is 4.26. The summed E-state index contributed by atoms with van der Waals surface area (Å²) in [5.74, 6) is 0.0389. The van der Waals surface area contributed by atoms with Crippen molar-refractivity contribution in [3.63, 3.8) is 0 Å². The van der Waals surface area contributed by atoms with Crippen molar-refractivity contribution in [2.45, 2.75) is 26.4 Å². The Balaban J connectivity index is 1.57. The summed E-state index contributed by atoms with van der Waals surface area (Å²) >= 11 is 0. The quantitative estimate of drug-likeness (QED) is 0.686. The lowest BCUT2D eigenvalue weighted by Gasteiger charge is -2.15. The summed E-state index contributed by atoms with van der Waals surface area (Å²) in [6, 6.07) is 11.3. The van der Waals surface area contributed by atoms with Gasteiger partial charge in [-0.3, -0.25) is 9.59 Å². The number of methoxy groups -OCH3 is 1. The molecule has 4 rings (SSSR count). The number of fused-ring (bicyclic) bond motifs is 3. The zero-order valence-electron chi connectivity index (χ0n) is 15.4. The van der Waals surface area contributed by atoms with Crippen LogP contribution in [0.4, 0.5) is 5.69 Å². The molecule has 2 aromatic carbocycles. The van der Waals surface area contributed by atoms with Crippen LogP contribution in [0.5, 0.6) is 5.75 Å². The Morgan fingerprint density at radius 3 is 2.63 bits per heavy atom. The number of benzene rings is 2. The Hall–Kier alpha value is -3.02. The van der Waals surface area contributed by atoms with E-state index in [1.165, 1.54) is 7.11 Å². The van der Waals surface area contributed by atoms with Crippen LogP contribution in [0.3, 0.4) is 0 Å². The Bertz CT molecular complexity index is 1040. The first-order valence-corrected chi connectivity index (χ1v) is 8.98. The number of carbonyl (C=O) groups excluding carboxylic acids is 2. The first-order valence-electron chi connectivity index (χ1n) is 8.98. The molecule has 1 N–H and O–H groups in total. The number of amides is 1. The highest BCUT2D eigenvalue weighted by atomic mass is 16.5. The highest BCUT2D eigenvalue weighted by molar-refractivity contribution is 6.08. The average Bonchev–Trinajstić information content (AvgIpc) is 3.28. The fourth-order valence-corrected chi connectivity index (χ4v) is 3.22. The predicted molar refractivity (Wildman–Crippen MR) is 102 cm³/mol. The van der Waals surface area contributed by atoms with Crippen molar-refractivity contribution in [3.8, 4) is 5.75 Å². The minimum Gasteiger partial charge on any atom is -0.495 e. The molecule has 6 nitrogen and oxygen atoms in total. The summed E-state index contributed by atoms with van der Waals surface area (Å²) in [7, 11) is 1.54. The van der Waals surface area contributed by atoms with Gasteiger partial charge in [0.15, 0.2) is 6.10 Å². The number of rotatable bonds is 5. The molecule has 1 aromatic heterocycles. The van der Waals surface area contributed by atoms with Gasteiger partial charge in [-0.15, -0.1) is 0 Å². The lowest BCUT2D eigenvalue weighted by molar-refractivity contribution is -0.154. The van der Waals surface area contributed by atoms with E-state index in [9.17, 15) is 9.59 Å². The van der Waals surface area contributed by atoms with E-state index in [0.717, 1.165) is 22.8 Å². The molecule has 0 radical (unpaired) electrons. The van der Waals surface area contributed by atoms with Crippen molar-refractivity contribution in [1.82, 2.24) is 0 Å². The standard InChI is InChI=1S/C21H21NO5/c1-11-8-14(11)21(24)26-12(2)20(23)22-16-10-18-15(9-19(16)25-3)13-6-4-5-7-17(13)27-18/h4-7,9-12,14H,8H2,1-3H3,(H,22,23)/t11-,12-,14-/m0/s1. The molecule has 0 aliphatic heterocycles. The van der Waals surface area contributed by atoms with Gasteiger partial charge in [0.1, 0.15) is 16.9 Å². The average molecular weight is 367 g/mol. The van der Waals surface area contributed by atoms with Crippen molar-refractivity contribution in [2.24, 2.45) is 11.8 Å². The Labute approximate surface area is 156 Å². The molecular weight excluding hydrogens is 346 g/mol. The molecule has 1 fully saturated rings. The van der Waals surface area contributed by atoms with E-state index >= 15 is 0 Å². The van der Waals surface area contributed by atoms with Crippen LogP contribution in [-0.2, 0) is 14.3 Å². The number of esters is 1. The van der Waals surface area contributed by atoms with E-state index in [1.54, 1.807) is 13.0 Å². The number of carbonyl (C=O) groups is 2. The van der Waals surface area contributed by atoms with Crippen LogP contribution >= 0.6 is 0 Å². The Morgan fingerprint density at radius 2 is 1.93 bits per heavy atom. The first kappa shape index (κ1) is 17.4. The van der Waals surface area contributed by atoms with Gasteiger partial charge in [-0.05, 0) is 31.4 Å². The number of nitrogens with one attached hydrogen (secondary N) is 1. The van der Waals surface area contributed by atoms with Gasteiger partial charge in [0.05, 0.1) is 18.7 Å². The maximum Gasteiger partial charge on any atom is 0.309 e. The summed E-state index contributed by atoms with van der Waals surface area (Å²) < 4.78 is 16.6. The molecule has 1 amide bonds. The van der Waals surface area contributed by atoms with E-state index < -0.39 is 12.0 Å². The second-order valence-corrected chi connectivity index (χ2v) is 7.03. The van der Waals surface area contributed by atoms with Crippen LogP contribution in [0.2, 0.25) is 0 Å². The molecule has 6 heteroatoms. The molecule has 1 aliphatic carbocycles. The molecular formula is C21H21NO5. The second kappa shape index (κ2) is 6.61. The third-order valence-electron chi connectivity index (χ3n) is 5.03. The lowest BCUT2D eigenvalue weighted by atomic mass is 10.1. The third-order valence-corrected chi connectivity index (χ3v) is 5.03. The molecule has 27 heavy (non-hydrogen) atoms. The monoisotopic (exact) mass is 367 g/mol. The summed E-state index contributed by atoms with van der Waals surface area (Å²) in [6.45, 7) is 3.55. The van der Waals surface area contributed by atoms with Gasteiger partial charge < -0.3 is 19.2 Å². The zero-order valence-corrected chi connectivity index (χ0v) is 15.4. The van der Waals surface area contributed by atoms with Crippen molar-refractivity contribution < 1.29 is 23.5 Å². The van der Waals surface area contributed by atoms with Crippen molar-refractivity contribution in [1.29, 1.82) is 0 Å². The van der Waals surface area contributed by atoms with Crippen LogP contribution in [0.25, 0.3) is 21.9 Å². The summed E-state index contributed by atoms with van der Waals surface area (Å²) in [5, 5.41) is 4.65. The van der Waals surface area contributed by atoms with E-state index in [1.807, 2.05) is 37.3 Å². The topological polar surface area (TPSA) is 77.8 Å². The van der Waals surface area contributed by atoms with E-state index in [4.69, 9.17) is 13.9 Å². The van der Waals surface area contributed by atoms with Crippen LogP contribution in [0, 0.1) is 11.8 Å². The lowest BCUT2D eigenvalue weighted by Crippen LogP contribution is -2.30. The van der Waals surface area contributed by atoms with E-state index in [0.29, 0.717) is 22.9 Å². The van der Waals surface area contributed by atoms with Gasteiger partial charge in [-0.2, -0.15) is 0 Å². The maximum atomic E-state index is 12.5. The van der Waals surface area contributed by atoms with Crippen molar-refractivity contribution in [2.75, 3.05) is 12.4 Å². The number of hydrogen-bond donors (Lipinski definition) is 1. The van der Waals surface area contributed by atoms with E-state index in [-0.39, 0.29) is 11.9 Å². The molecule has 1 aliphatic rings. The summed E-state index contributed by atoms with van der Waals surface area (Å²) in [4.78, 5) is 24.4. The minimum atomic E-state index is -0.888. The van der Waals surface area contributed by atoms with E-state index in [2.05, 4.69) is 5.32 Å². The fraction of sp³-hybridized carbons (Fsp3) is 0.333. The molecule has 0 saturated heterocycles. The number of anilines is 1. The first-order chi connectivity index (χ1) is 13.0. The summed E-state index contributed by atoms with van der Waals surface area (Å²) in [6.07, 6.45) is -0.0645. The molecule has 1 heterocycles. The molecule has 0 bridgehead atoms. The van der Waals surface area contributed by atoms with Crippen molar-refractivity contribution >= 4 is 39.5 Å². The largest absolute Gasteiger partial charge is 0.495 e. The molecule has 3 aromatic rings. The third kappa shape index (κ3) is 3.23. The molecule has 0 spiro atoms. The molecule has 1 saturated carbocycles. The number of hydrogen-bond acceptors (Lipinski definition) is 5. The highest BCUT2D eigenvalue weighted by Gasteiger charge is 2.41. The summed E-state index contributed by atoms with van der Waals surface area (Å²) in [5.41, 5.74) is 1.87. The van der Waals surface area contributed by atoms with Gasteiger partial charge in [0.25, 0.3) is 5.91 Å². The maximum absolute atomic E-state index is 12.5. The van der Waals surface area contributed by atoms with Crippen LogP contribution in [0.1, 0.15) is 20.3 Å². The molecule has 0 unspecified atom stereocenters. The minimum absolute atomic E-state index is 0.0818. The number of ether oxygens (including phenoxy) is 2. The highest BCUT2D eigenvalue weighted by Crippen LogP contribution is 2.39. The molecule has 3 atom stereocenters. The van der Waals surface area contributed by atoms with Gasteiger partial charge in [-0.25, -0.2) is 0 Å². The second-order valence-electron chi connectivity index (χ2n) is 7.03. The van der Waals surface area contributed by atoms with Crippen LogP contribution in [-0.4, -0.2) is 25.1 Å². The predicted octanol–water partition coefficient (Wildman–Crippen LogP) is 4.12. The van der Waals surface area contributed by atoms with Crippen molar-refractivity contribution in [3.05, 3.63) is 36.4 Å². The smallest absolute Gasteiger partial charge is 0.309 e. The van der Waals surface area contributed by atoms with Gasteiger partial charge in [-0.1, -0.05) is 25.1 Å². The molecule has 140 valence electrons. The number of para-hydroxylation sites is 1. The fourth-order valence-electron chi connectivity index (χ4n) is 3.22.